The summed E-state index contributed by atoms with van der Waals surface area (Å²) in [7, 11) is 0. The first kappa shape index (κ1) is 64.5. The Bertz CT molecular complexity index is 2800. The molecular weight excluding hydrogens is 1080 g/mol. The fourth-order valence-electron chi connectivity index (χ4n) is 12.6. The van der Waals surface area contributed by atoms with Crippen LogP contribution in [0.2, 0.25) is 0 Å². The number of aldehydes is 1. The first-order valence-corrected chi connectivity index (χ1v) is 31.5. The Labute approximate surface area is 510 Å². The molecule has 6 aromatic carbocycles. The summed E-state index contributed by atoms with van der Waals surface area (Å²) in [5.74, 6) is -1.05. The zero-order valence-corrected chi connectivity index (χ0v) is 50.4. The van der Waals surface area contributed by atoms with E-state index in [1.165, 1.54) is 0 Å². The molecular formula is C73H91NO12. The van der Waals surface area contributed by atoms with Gasteiger partial charge in [0.05, 0.1) is 95.5 Å². The summed E-state index contributed by atoms with van der Waals surface area (Å²) in [6, 6.07) is 60.1. The maximum absolute atomic E-state index is 13.5. The highest BCUT2D eigenvalue weighted by Gasteiger charge is 2.53. The van der Waals surface area contributed by atoms with Gasteiger partial charge in [-0.15, -0.1) is 0 Å². The quantitative estimate of drug-likeness (QED) is 0.0292. The number of hydrogen-bond acceptors (Lipinski definition) is 12. The van der Waals surface area contributed by atoms with E-state index >= 15 is 0 Å². The van der Waals surface area contributed by atoms with E-state index in [1.54, 1.807) is 6.92 Å². The first-order valence-electron chi connectivity index (χ1n) is 31.5. The van der Waals surface area contributed by atoms with Gasteiger partial charge in [0, 0.05) is 25.2 Å². The molecule has 0 saturated carbocycles. The van der Waals surface area contributed by atoms with Gasteiger partial charge in [-0.2, -0.15) is 0 Å². The fraction of sp³-hybridized carbons (Fsp3) is 0.479. The van der Waals surface area contributed by atoms with Crippen molar-refractivity contribution in [3.8, 4) is 0 Å². The smallest absolute Gasteiger partial charge is 0.217 e. The lowest BCUT2D eigenvalue weighted by Crippen LogP contribution is -2.63. The number of benzene rings is 6. The van der Waals surface area contributed by atoms with Crippen molar-refractivity contribution < 1.29 is 57.3 Å². The van der Waals surface area contributed by atoms with Gasteiger partial charge in [0.25, 0.3) is 0 Å². The minimum absolute atomic E-state index is 0.147. The summed E-state index contributed by atoms with van der Waals surface area (Å²) >= 11 is 0. The number of aliphatic hydroxyl groups is 1. The van der Waals surface area contributed by atoms with Crippen LogP contribution in [0.3, 0.4) is 0 Å². The van der Waals surface area contributed by atoms with Crippen LogP contribution in [0, 0.1) is 11.8 Å². The average molecular weight is 1170 g/mol. The molecule has 0 spiro atoms. The third kappa shape index (κ3) is 19.8. The van der Waals surface area contributed by atoms with Gasteiger partial charge >= 0.3 is 0 Å². The molecule has 0 aliphatic carbocycles. The predicted molar refractivity (Wildman–Crippen MR) is 331 cm³/mol. The summed E-state index contributed by atoms with van der Waals surface area (Å²) in [6.45, 7) is 5.92. The van der Waals surface area contributed by atoms with Crippen molar-refractivity contribution in [1.82, 2.24) is 5.32 Å². The molecule has 0 unspecified atom stereocenters. The van der Waals surface area contributed by atoms with E-state index in [-0.39, 0.29) is 37.7 Å². The number of carbonyl (C=O) groups is 2. The monoisotopic (exact) mass is 1170 g/mol. The van der Waals surface area contributed by atoms with Crippen LogP contribution in [0.15, 0.2) is 182 Å². The highest BCUT2D eigenvalue weighted by atomic mass is 16.6. The number of ether oxygens (including phenoxy) is 9. The van der Waals surface area contributed by atoms with E-state index in [0.29, 0.717) is 52.3 Å². The van der Waals surface area contributed by atoms with Gasteiger partial charge in [0.15, 0.2) is 0 Å². The molecule has 3 aliphatic rings. The zero-order chi connectivity index (χ0) is 59.6. The standard InChI is InChI=1S/C73H91NO12/c1-53-69(80-46-56-31-17-10-18-32-56)73(84-50-60-39-25-14-26-40-60)72(83-49-59-37-23-13-24-38-59)65(85-53)44-62-64(86-66(52-78-45-55-29-15-9-16-30-55)71(68(62)77)82-48-58-35-21-12-22-36-58)43-61-51-79-63(41-27-7-5-3-4-6-8-28-42-75)67(74-54(2)76)70(61)81-47-57-33-19-11-20-34-57/h9-26,29-40,42,53,61-73,77H,3-8,27-28,41,43-52H2,1-2H3,(H,74,76)/t53-,61+,62-,63-,64-,65-,66+,67-,68+,69+,70-,71-,72+,73+/m0/s1. The molecule has 1 amide bonds. The molecule has 9 rings (SSSR count). The van der Waals surface area contributed by atoms with Gasteiger partial charge in [-0.25, -0.2) is 0 Å². The van der Waals surface area contributed by atoms with Crippen LogP contribution in [0.25, 0.3) is 0 Å². The van der Waals surface area contributed by atoms with Crippen LogP contribution in [0.5, 0.6) is 0 Å². The van der Waals surface area contributed by atoms with E-state index in [9.17, 15) is 14.7 Å². The Hall–Kier alpha value is -5.94. The van der Waals surface area contributed by atoms with Crippen LogP contribution >= 0.6 is 0 Å². The summed E-state index contributed by atoms with van der Waals surface area (Å²) < 4.78 is 63.4. The third-order valence-electron chi connectivity index (χ3n) is 17.1. The Balaban J connectivity index is 1.06. The maximum atomic E-state index is 13.5. The van der Waals surface area contributed by atoms with Crippen LogP contribution in [-0.4, -0.2) is 104 Å². The average Bonchev–Trinajstić information content (AvgIpc) is 1.70. The molecule has 3 aliphatic heterocycles. The van der Waals surface area contributed by atoms with Gasteiger partial charge in [-0.05, 0) is 66.0 Å². The Kier molecular flexibility index (Phi) is 26.4. The van der Waals surface area contributed by atoms with Crippen molar-refractivity contribution in [3.63, 3.8) is 0 Å². The molecule has 0 aromatic heterocycles. The molecule has 6 aromatic rings. The van der Waals surface area contributed by atoms with Gasteiger partial charge in [-0.1, -0.05) is 221 Å². The molecule has 0 radical (unpaired) electrons. The van der Waals surface area contributed by atoms with Crippen molar-refractivity contribution in [3.05, 3.63) is 215 Å². The number of nitrogens with one attached hydrogen (secondary N) is 1. The maximum Gasteiger partial charge on any atom is 0.217 e. The fourth-order valence-corrected chi connectivity index (χ4v) is 12.6. The number of aliphatic hydroxyl groups excluding tert-OH is 1. The van der Waals surface area contributed by atoms with E-state index in [1.807, 2.05) is 140 Å². The van der Waals surface area contributed by atoms with Crippen molar-refractivity contribution in [2.24, 2.45) is 11.8 Å². The molecule has 13 nitrogen and oxygen atoms in total. The lowest BCUT2D eigenvalue weighted by Gasteiger charge is -2.51. The second kappa shape index (κ2) is 35.2. The highest BCUT2D eigenvalue weighted by molar-refractivity contribution is 5.73. The lowest BCUT2D eigenvalue weighted by molar-refractivity contribution is -0.278. The zero-order valence-electron chi connectivity index (χ0n) is 50.4. The minimum Gasteiger partial charge on any atom is -0.390 e. The van der Waals surface area contributed by atoms with E-state index in [2.05, 4.69) is 53.8 Å². The van der Waals surface area contributed by atoms with E-state index in [0.717, 1.165) is 91.0 Å². The van der Waals surface area contributed by atoms with Crippen LogP contribution in [0.1, 0.15) is 118 Å². The lowest BCUT2D eigenvalue weighted by atomic mass is 9.75. The van der Waals surface area contributed by atoms with E-state index in [4.69, 9.17) is 42.6 Å². The molecule has 2 N–H and O–H groups in total. The second-order valence-electron chi connectivity index (χ2n) is 23.6. The van der Waals surface area contributed by atoms with Crippen molar-refractivity contribution in [2.75, 3.05) is 13.2 Å². The topological polar surface area (TPSA) is 149 Å². The molecule has 3 saturated heterocycles. The molecule has 3 heterocycles. The van der Waals surface area contributed by atoms with Gasteiger partial charge < -0.3 is 57.8 Å². The largest absolute Gasteiger partial charge is 0.390 e. The summed E-state index contributed by atoms with van der Waals surface area (Å²) in [5.41, 5.74) is 6.03. The molecule has 0 bridgehead atoms. The SMILES string of the molecule is CC(=O)N[C@@H]1[C@@H](OCc2ccccc2)[C@H](C[C@@H]2O[C@H](COCc3ccccc3)[C@H](OCc3ccccc3)[C@H](O)[C@H]2C[C@@H]2O[C@@H](C)[C@@H](OCc3ccccc3)[C@@H](OCc3ccccc3)[C@@H]2OCc2ccccc2)CO[C@H]1CCCCCCCCCC=O. The van der Waals surface area contributed by atoms with E-state index < -0.39 is 73.0 Å². The predicted octanol–water partition coefficient (Wildman–Crippen LogP) is 12.7. The number of hydrogen-bond donors (Lipinski definition) is 2. The Morgan fingerprint density at radius 3 is 1.41 bits per heavy atom. The van der Waals surface area contributed by atoms with Crippen LogP contribution < -0.4 is 5.32 Å². The Morgan fingerprint density at radius 1 is 0.488 bits per heavy atom. The number of unbranched alkanes of at least 4 members (excludes halogenated alkanes) is 7. The summed E-state index contributed by atoms with van der Waals surface area (Å²) in [5, 5.41) is 16.8. The number of carbonyl (C=O) groups excluding carboxylic acids is 2. The van der Waals surface area contributed by atoms with Crippen LogP contribution in [-0.2, 0) is 91.9 Å². The minimum atomic E-state index is -1.08. The highest BCUT2D eigenvalue weighted by Crippen LogP contribution is 2.42. The Morgan fingerprint density at radius 2 is 0.919 bits per heavy atom. The van der Waals surface area contributed by atoms with Crippen molar-refractivity contribution in [2.45, 2.75) is 197 Å². The number of rotatable bonds is 34. The molecule has 460 valence electrons. The number of amides is 1. The van der Waals surface area contributed by atoms with Crippen molar-refractivity contribution >= 4 is 12.2 Å². The second-order valence-corrected chi connectivity index (χ2v) is 23.6. The normalized spacial score (nSPS) is 26.6. The molecule has 86 heavy (non-hydrogen) atoms. The van der Waals surface area contributed by atoms with Gasteiger partial charge in [-0.3, -0.25) is 4.79 Å². The van der Waals surface area contributed by atoms with Crippen molar-refractivity contribution in [1.29, 1.82) is 0 Å². The van der Waals surface area contributed by atoms with Crippen LogP contribution in [0.4, 0.5) is 0 Å². The van der Waals surface area contributed by atoms with Gasteiger partial charge in [0.2, 0.25) is 5.91 Å². The summed E-state index contributed by atoms with van der Waals surface area (Å²) in [4.78, 5) is 24.2. The third-order valence-corrected chi connectivity index (χ3v) is 17.1. The van der Waals surface area contributed by atoms with Gasteiger partial charge in [0.1, 0.15) is 36.8 Å². The molecule has 3 fully saturated rings. The first-order chi connectivity index (χ1) is 42.3. The molecule has 14 atom stereocenters. The molecule has 13 heteroatoms. The summed E-state index contributed by atoms with van der Waals surface area (Å²) in [6.07, 6.45) is 3.48.